The lowest BCUT2D eigenvalue weighted by molar-refractivity contribution is -0.137. The Morgan fingerprint density at radius 2 is 1.40 bits per heavy atom. The van der Waals surface area contributed by atoms with Crippen LogP contribution in [0.1, 0.15) is 67.3 Å². The van der Waals surface area contributed by atoms with E-state index in [1.807, 2.05) is 12.1 Å². The number of esters is 1. The van der Waals surface area contributed by atoms with E-state index < -0.39 is 23.3 Å². The molecule has 30 heavy (non-hydrogen) atoms. The molecule has 0 N–H and O–H groups in total. The van der Waals surface area contributed by atoms with Crippen LogP contribution in [0.5, 0.6) is 0 Å². The maximum atomic E-state index is 12.4. The van der Waals surface area contributed by atoms with Gasteiger partial charge >= 0.3 is 5.97 Å². The summed E-state index contributed by atoms with van der Waals surface area (Å²) in [5.74, 6) is -2.58. The topological polar surface area (TPSA) is 82.4 Å². The number of rotatable bonds is 8. The number of carbonyl (C=O) groups excluding carboxylic acids is 4. The zero-order valence-corrected chi connectivity index (χ0v) is 17.7. The average molecular weight is 407 g/mol. The first-order chi connectivity index (χ1) is 14.3. The molecular weight excluding hydrogens is 382 g/mol. The lowest BCUT2D eigenvalue weighted by Gasteiger charge is -2.15. The minimum absolute atomic E-state index is 0.122. The molecule has 0 radical (unpaired) electrons. The van der Waals surface area contributed by atoms with E-state index in [1.54, 1.807) is 38.1 Å². The minimum atomic E-state index is -0.896. The quantitative estimate of drug-likeness (QED) is 0.308. The largest absolute Gasteiger partial charge is 0.460 e. The third-order valence-electron chi connectivity index (χ3n) is 5.39. The molecule has 6 nitrogen and oxygen atoms in total. The second-order valence-electron chi connectivity index (χ2n) is 7.25. The first-order valence-electron chi connectivity index (χ1n) is 10.2. The summed E-state index contributed by atoms with van der Waals surface area (Å²) in [7, 11) is 0. The fourth-order valence-corrected chi connectivity index (χ4v) is 3.63. The number of ketones is 3. The molecule has 1 heterocycles. The van der Waals surface area contributed by atoms with Gasteiger partial charge in [-0.2, -0.15) is 0 Å². The first kappa shape index (κ1) is 21.4. The van der Waals surface area contributed by atoms with E-state index in [1.165, 1.54) is 0 Å². The fourth-order valence-electron chi connectivity index (χ4n) is 3.63. The zero-order chi connectivity index (χ0) is 22.0. The molecule has 0 bridgehead atoms. The van der Waals surface area contributed by atoms with Crippen molar-refractivity contribution in [2.24, 2.45) is 0 Å². The molecule has 3 rings (SSSR count). The number of Topliss-reactive ketones (excluding diaryl/α,β-unsaturated/α-hetero) is 3. The molecule has 0 saturated heterocycles. The number of nitrogens with zero attached hydrogens (tertiary/aromatic N) is 1. The summed E-state index contributed by atoms with van der Waals surface area (Å²) >= 11 is 0. The van der Waals surface area contributed by atoms with Gasteiger partial charge < -0.3 is 9.30 Å². The van der Waals surface area contributed by atoms with Crippen LogP contribution in [-0.2, 0) is 14.3 Å². The average Bonchev–Trinajstić information content (AvgIpc) is 3.09. The maximum Gasteiger partial charge on any atom is 0.379 e. The summed E-state index contributed by atoms with van der Waals surface area (Å²) in [6, 6.07) is 10.5. The number of benzene rings is 2. The molecule has 0 saturated carbocycles. The Morgan fingerprint density at radius 1 is 0.867 bits per heavy atom. The highest BCUT2D eigenvalue weighted by Crippen LogP contribution is 2.34. The van der Waals surface area contributed by atoms with Gasteiger partial charge in [-0.3, -0.25) is 14.4 Å². The Bertz CT molecular complexity index is 1170. The van der Waals surface area contributed by atoms with Gasteiger partial charge in [-0.25, -0.2) is 4.79 Å². The van der Waals surface area contributed by atoms with E-state index in [9.17, 15) is 19.2 Å². The number of aromatic nitrogens is 1. The summed E-state index contributed by atoms with van der Waals surface area (Å²) in [6.45, 7) is 7.59. The maximum absolute atomic E-state index is 12.4. The number of carbonyl (C=O) groups is 4. The summed E-state index contributed by atoms with van der Waals surface area (Å²) in [5, 5.41) is 1.51. The van der Waals surface area contributed by atoms with Crippen LogP contribution in [0.3, 0.4) is 0 Å². The van der Waals surface area contributed by atoms with Crippen molar-refractivity contribution in [3.05, 3.63) is 47.5 Å². The van der Waals surface area contributed by atoms with E-state index in [4.69, 9.17) is 4.74 Å². The van der Waals surface area contributed by atoms with Crippen molar-refractivity contribution in [2.75, 3.05) is 6.61 Å². The van der Waals surface area contributed by atoms with Crippen LogP contribution < -0.4 is 0 Å². The first-order valence-corrected chi connectivity index (χ1v) is 10.2. The van der Waals surface area contributed by atoms with Gasteiger partial charge in [0, 0.05) is 45.4 Å². The highest BCUT2D eigenvalue weighted by molar-refractivity contribution is 6.44. The van der Waals surface area contributed by atoms with Crippen molar-refractivity contribution in [2.45, 2.75) is 46.6 Å². The van der Waals surface area contributed by atoms with Crippen LogP contribution in [0, 0.1) is 0 Å². The summed E-state index contributed by atoms with van der Waals surface area (Å²) in [5.41, 5.74) is 2.34. The standard InChI is InChI=1S/C24H25NO5/c1-5-14(4)25-19-10-8-15(22(27)21(26)6-2)12-17(19)18-13-16(9-11-20(18)25)23(28)24(29)30-7-3/h8-14H,5-7H2,1-4H3. The number of hydrogen-bond donors (Lipinski definition) is 0. The summed E-state index contributed by atoms with van der Waals surface area (Å²) in [6.07, 6.45) is 1.03. The van der Waals surface area contributed by atoms with Crippen LogP contribution in [0.15, 0.2) is 36.4 Å². The monoisotopic (exact) mass is 407 g/mol. The molecule has 0 aliphatic carbocycles. The molecule has 2 aromatic carbocycles. The molecule has 0 aliphatic rings. The molecule has 156 valence electrons. The Balaban J connectivity index is 2.27. The molecule has 0 fully saturated rings. The number of fused-ring (bicyclic) bond motifs is 3. The summed E-state index contributed by atoms with van der Waals surface area (Å²) in [4.78, 5) is 48.6. The van der Waals surface area contributed by atoms with E-state index in [2.05, 4.69) is 18.4 Å². The highest BCUT2D eigenvalue weighted by Gasteiger charge is 2.22. The molecule has 0 aliphatic heterocycles. The molecule has 0 amide bonds. The normalized spacial score (nSPS) is 12.1. The van der Waals surface area contributed by atoms with Gasteiger partial charge in [0.05, 0.1) is 6.61 Å². The molecular formula is C24H25NO5. The fraction of sp³-hybridized carbons (Fsp3) is 0.333. The van der Waals surface area contributed by atoms with Crippen LogP contribution in [0.2, 0.25) is 0 Å². The van der Waals surface area contributed by atoms with Gasteiger partial charge in [-0.1, -0.05) is 13.8 Å². The van der Waals surface area contributed by atoms with Crippen LogP contribution in [0.25, 0.3) is 21.8 Å². The lowest BCUT2D eigenvalue weighted by atomic mass is 10.0. The van der Waals surface area contributed by atoms with Crippen molar-refractivity contribution >= 4 is 45.1 Å². The van der Waals surface area contributed by atoms with Crippen molar-refractivity contribution in [1.82, 2.24) is 4.57 Å². The molecule has 1 unspecified atom stereocenters. The third kappa shape index (κ3) is 3.65. The molecule has 0 spiro atoms. The Kier molecular flexibility index (Phi) is 6.15. The minimum Gasteiger partial charge on any atom is -0.460 e. The van der Waals surface area contributed by atoms with Crippen LogP contribution >= 0.6 is 0 Å². The van der Waals surface area contributed by atoms with Gasteiger partial charge in [0.1, 0.15) is 0 Å². The van der Waals surface area contributed by atoms with E-state index in [0.29, 0.717) is 5.56 Å². The van der Waals surface area contributed by atoms with E-state index in [0.717, 1.165) is 28.2 Å². The van der Waals surface area contributed by atoms with Gasteiger partial charge in [0.25, 0.3) is 5.78 Å². The predicted molar refractivity (Wildman–Crippen MR) is 115 cm³/mol. The predicted octanol–water partition coefficient (Wildman–Crippen LogP) is 4.67. The number of hydrogen-bond acceptors (Lipinski definition) is 5. The molecule has 1 atom stereocenters. The lowest BCUT2D eigenvalue weighted by Crippen LogP contribution is -2.17. The van der Waals surface area contributed by atoms with Crippen LogP contribution in [-0.4, -0.2) is 34.5 Å². The zero-order valence-electron chi connectivity index (χ0n) is 17.7. The Morgan fingerprint density at radius 3 is 1.87 bits per heavy atom. The Labute approximate surface area is 174 Å². The molecule has 1 aromatic heterocycles. The molecule has 3 aromatic rings. The second kappa shape index (κ2) is 8.61. The third-order valence-corrected chi connectivity index (χ3v) is 5.39. The van der Waals surface area contributed by atoms with E-state index >= 15 is 0 Å². The van der Waals surface area contributed by atoms with Gasteiger partial charge in [-0.05, 0) is 56.7 Å². The van der Waals surface area contributed by atoms with Crippen LogP contribution in [0.4, 0.5) is 0 Å². The van der Waals surface area contributed by atoms with Crippen molar-refractivity contribution in [1.29, 1.82) is 0 Å². The summed E-state index contributed by atoms with van der Waals surface area (Å²) < 4.78 is 6.98. The van der Waals surface area contributed by atoms with Crippen molar-refractivity contribution < 1.29 is 23.9 Å². The Hall–Kier alpha value is -3.28. The SMILES string of the molecule is CCOC(=O)C(=O)c1ccc2c(c1)c1cc(C(=O)C(=O)CC)ccc1n2C(C)CC. The van der Waals surface area contributed by atoms with Gasteiger partial charge in [0.15, 0.2) is 0 Å². The van der Waals surface area contributed by atoms with Crippen molar-refractivity contribution in [3.63, 3.8) is 0 Å². The molecule has 6 heteroatoms. The van der Waals surface area contributed by atoms with E-state index in [-0.39, 0.29) is 24.6 Å². The van der Waals surface area contributed by atoms with Gasteiger partial charge in [-0.15, -0.1) is 0 Å². The van der Waals surface area contributed by atoms with Gasteiger partial charge in [0.2, 0.25) is 11.6 Å². The smallest absolute Gasteiger partial charge is 0.379 e. The second-order valence-corrected chi connectivity index (χ2v) is 7.25. The number of ether oxygens (including phenoxy) is 1. The highest BCUT2D eigenvalue weighted by atomic mass is 16.5. The van der Waals surface area contributed by atoms with Crippen molar-refractivity contribution in [3.8, 4) is 0 Å².